The molecule has 0 spiro atoms. The van der Waals surface area contributed by atoms with Crippen molar-refractivity contribution in [3.8, 4) is 0 Å². The van der Waals surface area contributed by atoms with Gasteiger partial charge in [0.15, 0.2) is 0 Å². The molecule has 9 heteroatoms. The van der Waals surface area contributed by atoms with Crippen LogP contribution in [-0.2, 0) is 26.0 Å². The van der Waals surface area contributed by atoms with E-state index in [1.807, 2.05) is 0 Å². The fraction of sp³-hybridized carbons (Fsp3) is 0.429. The normalized spacial score (nSPS) is 10.9. The van der Waals surface area contributed by atoms with E-state index in [0.717, 1.165) is 5.56 Å². The number of nitrogens with two attached hydrogens (primary N) is 1. The molecule has 0 heterocycles. The number of hydrogen-bond acceptors (Lipinski definition) is 5. The van der Waals surface area contributed by atoms with E-state index in [2.05, 4.69) is 10.1 Å². The Kier molecular flexibility index (Phi) is 6.98. The predicted octanol–water partition coefficient (Wildman–Crippen LogP) is 0.0810. The lowest BCUT2D eigenvalue weighted by Crippen LogP contribution is -2.38. The number of amides is 2. The van der Waals surface area contributed by atoms with Crippen LogP contribution in [0.2, 0.25) is 0 Å². The number of primary sulfonamides is 1. The van der Waals surface area contributed by atoms with Crippen LogP contribution in [0.3, 0.4) is 0 Å². The van der Waals surface area contributed by atoms with E-state index >= 15 is 0 Å². The van der Waals surface area contributed by atoms with Crippen molar-refractivity contribution in [1.82, 2.24) is 10.2 Å². The zero-order chi connectivity index (χ0) is 17.5. The van der Waals surface area contributed by atoms with Gasteiger partial charge in [-0.15, -0.1) is 0 Å². The van der Waals surface area contributed by atoms with Crippen molar-refractivity contribution in [1.29, 1.82) is 0 Å². The molecule has 0 fully saturated rings. The lowest BCUT2D eigenvalue weighted by Gasteiger charge is -2.21. The van der Waals surface area contributed by atoms with Gasteiger partial charge in [-0.25, -0.2) is 18.4 Å². The highest BCUT2D eigenvalue weighted by Gasteiger charge is 2.10. The molecule has 23 heavy (non-hydrogen) atoms. The van der Waals surface area contributed by atoms with Crippen molar-refractivity contribution in [2.45, 2.75) is 18.2 Å². The molecule has 0 atom stereocenters. The molecule has 0 unspecified atom stereocenters. The first-order chi connectivity index (χ1) is 10.7. The molecule has 1 aromatic rings. The minimum Gasteiger partial charge on any atom is -0.453 e. The standard InChI is InChI=1S/C14H21N3O5S/c1-11(18)17(10-8-16-14(19)22-2)9-7-12-3-5-13(6-4-12)23(15,20)21/h3-6H,7-10H2,1-2H3,(H,16,19)(H2,15,20,21). The van der Waals surface area contributed by atoms with Crippen LogP contribution >= 0.6 is 0 Å². The average Bonchev–Trinajstić information content (AvgIpc) is 2.49. The summed E-state index contributed by atoms with van der Waals surface area (Å²) in [4.78, 5) is 24.2. The summed E-state index contributed by atoms with van der Waals surface area (Å²) >= 11 is 0. The summed E-state index contributed by atoms with van der Waals surface area (Å²) in [6.07, 6.45) is 0.00924. The molecular formula is C14H21N3O5S. The van der Waals surface area contributed by atoms with Crippen LogP contribution in [0.5, 0.6) is 0 Å². The minimum absolute atomic E-state index is 0.0481. The van der Waals surface area contributed by atoms with E-state index in [4.69, 9.17) is 5.14 Å². The van der Waals surface area contributed by atoms with Crippen molar-refractivity contribution < 1.29 is 22.7 Å². The van der Waals surface area contributed by atoms with Gasteiger partial charge in [-0.3, -0.25) is 4.79 Å². The molecule has 0 bridgehead atoms. The Hall–Kier alpha value is -2.13. The number of benzene rings is 1. The van der Waals surface area contributed by atoms with Gasteiger partial charge in [0.25, 0.3) is 0 Å². The third-order valence-corrected chi connectivity index (χ3v) is 4.13. The van der Waals surface area contributed by atoms with Crippen molar-refractivity contribution in [2.24, 2.45) is 5.14 Å². The minimum atomic E-state index is -3.70. The van der Waals surface area contributed by atoms with Gasteiger partial charge in [-0.1, -0.05) is 12.1 Å². The van der Waals surface area contributed by atoms with Crippen molar-refractivity contribution in [3.63, 3.8) is 0 Å². The Balaban J connectivity index is 2.55. The lowest BCUT2D eigenvalue weighted by atomic mass is 10.1. The fourth-order valence-electron chi connectivity index (χ4n) is 1.90. The molecule has 0 aliphatic rings. The van der Waals surface area contributed by atoms with Crippen molar-refractivity contribution in [3.05, 3.63) is 29.8 Å². The summed E-state index contributed by atoms with van der Waals surface area (Å²) in [6, 6.07) is 6.18. The third kappa shape index (κ3) is 6.66. The van der Waals surface area contributed by atoms with Crippen molar-refractivity contribution in [2.75, 3.05) is 26.7 Å². The van der Waals surface area contributed by atoms with Crippen LogP contribution in [0, 0.1) is 0 Å². The highest BCUT2D eigenvalue weighted by Crippen LogP contribution is 2.09. The van der Waals surface area contributed by atoms with Crippen LogP contribution in [0.1, 0.15) is 12.5 Å². The van der Waals surface area contributed by atoms with Gasteiger partial charge >= 0.3 is 6.09 Å². The predicted molar refractivity (Wildman–Crippen MR) is 84.2 cm³/mol. The first-order valence-electron chi connectivity index (χ1n) is 6.93. The second-order valence-electron chi connectivity index (χ2n) is 4.86. The molecule has 1 rings (SSSR count). The van der Waals surface area contributed by atoms with Gasteiger partial charge < -0.3 is 15.0 Å². The maximum atomic E-state index is 11.6. The molecule has 0 aromatic heterocycles. The number of sulfonamides is 1. The molecule has 0 aliphatic heterocycles. The number of carbonyl (C=O) groups is 2. The number of ether oxygens (including phenoxy) is 1. The van der Waals surface area contributed by atoms with Crippen LogP contribution in [-0.4, -0.2) is 52.1 Å². The van der Waals surface area contributed by atoms with E-state index in [1.54, 1.807) is 17.0 Å². The van der Waals surface area contributed by atoms with Crippen LogP contribution in [0.15, 0.2) is 29.2 Å². The summed E-state index contributed by atoms with van der Waals surface area (Å²) in [5, 5.41) is 7.54. The molecule has 1 aromatic carbocycles. The van der Waals surface area contributed by atoms with Gasteiger partial charge in [-0.05, 0) is 24.1 Å². The molecule has 8 nitrogen and oxygen atoms in total. The Morgan fingerprint density at radius 1 is 1.22 bits per heavy atom. The van der Waals surface area contributed by atoms with E-state index < -0.39 is 16.1 Å². The quantitative estimate of drug-likeness (QED) is 0.727. The van der Waals surface area contributed by atoms with E-state index in [-0.39, 0.29) is 17.3 Å². The topological polar surface area (TPSA) is 119 Å². The van der Waals surface area contributed by atoms with Crippen molar-refractivity contribution >= 4 is 22.0 Å². The molecule has 0 radical (unpaired) electrons. The summed E-state index contributed by atoms with van der Waals surface area (Å²) in [5.41, 5.74) is 0.879. The zero-order valence-electron chi connectivity index (χ0n) is 13.1. The Morgan fingerprint density at radius 3 is 2.30 bits per heavy atom. The molecular weight excluding hydrogens is 322 g/mol. The van der Waals surface area contributed by atoms with Gasteiger partial charge in [-0.2, -0.15) is 0 Å². The summed E-state index contributed by atoms with van der Waals surface area (Å²) in [6.45, 7) is 2.55. The van der Waals surface area contributed by atoms with E-state index in [9.17, 15) is 18.0 Å². The van der Waals surface area contributed by atoms with Gasteiger partial charge in [0.2, 0.25) is 15.9 Å². The molecule has 0 saturated heterocycles. The number of carbonyl (C=O) groups excluding carboxylic acids is 2. The van der Waals surface area contributed by atoms with Gasteiger partial charge in [0, 0.05) is 26.6 Å². The largest absolute Gasteiger partial charge is 0.453 e. The first-order valence-corrected chi connectivity index (χ1v) is 8.47. The molecule has 128 valence electrons. The highest BCUT2D eigenvalue weighted by molar-refractivity contribution is 7.89. The Labute approximate surface area is 135 Å². The molecule has 3 N–H and O–H groups in total. The van der Waals surface area contributed by atoms with E-state index in [1.165, 1.54) is 26.2 Å². The average molecular weight is 343 g/mol. The number of nitrogens with one attached hydrogen (secondary N) is 1. The molecule has 2 amide bonds. The molecule has 0 aliphatic carbocycles. The van der Waals surface area contributed by atoms with Gasteiger partial charge in [0.05, 0.1) is 12.0 Å². The fourth-order valence-corrected chi connectivity index (χ4v) is 2.42. The Morgan fingerprint density at radius 2 is 1.83 bits per heavy atom. The number of nitrogens with zero attached hydrogens (tertiary/aromatic N) is 1. The number of methoxy groups -OCH3 is 1. The van der Waals surface area contributed by atoms with Gasteiger partial charge in [0.1, 0.15) is 0 Å². The van der Waals surface area contributed by atoms with Crippen LogP contribution < -0.4 is 10.5 Å². The zero-order valence-corrected chi connectivity index (χ0v) is 13.9. The second-order valence-corrected chi connectivity index (χ2v) is 6.42. The van der Waals surface area contributed by atoms with E-state index in [0.29, 0.717) is 19.5 Å². The van der Waals surface area contributed by atoms with Crippen LogP contribution in [0.4, 0.5) is 4.79 Å². The monoisotopic (exact) mass is 343 g/mol. The maximum absolute atomic E-state index is 11.6. The summed E-state index contributed by atoms with van der Waals surface area (Å²) in [7, 11) is -2.44. The van der Waals surface area contributed by atoms with Crippen LogP contribution in [0.25, 0.3) is 0 Å². The third-order valence-electron chi connectivity index (χ3n) is 3.20. The summed E-state index contributed by atoms with van der Waals surface area (Å²) in [5.74, 6) is -0.113. The Bertz CT molecular complexity index is 643. The maximum Gasteiger partial charge on any atom is 0.406 e. The number of rotatable bonds is 7. The lowest BCUT2D eigenvalue weighted by molar-refractivity contribution is -0.128. The second kappa shape index (κ2) is 8.49. The molecule has 0 saturated carbocycles. The summed E-state index contributed by atoms with van der Waals surface area (Å²) < 4.78 is 26.8. The highest BCUT2D eigenvalue weighted by atomic mass is 32.2. The smallest absolute Gasteiger partial charge is 0.406 e. The SMILES string of the molecule is COC(=O)NCCN(CCc1ccc(S(N)(=O)=O)cc1)C(C)=O. The first kappa shape index (κ1) is 18.9. The number of hydrogen-bond donors (Lipinski definition) is 2. The number of alkyl carbamates (subject to hydrolysis) is 1.